The van der Waals surface area contributed by atoms with Crippen LogP contribution in [-0.2, 0) is 0 Å². The van der Waals surface area contributed by atoms with Gasteiger partial charge < -0.3 is 10.8 Å². The first-order valence-corrected chi connectivity index (χ1v) is 6.53. The number of rotatable bonds is 2. The molecule has 0 amide bonds. The van der Waals surface area contributed by atoms with Gasteiger partial charge in [-0.05, 0) is 62.2 Å². The van der Waals surface area contributed by atoms with E-state index in [1.165, 1.54) is 19.3 Å². The minimum Gasteiger partial charge on any atom is -0.390 e. The SMILES string of the molecule is CC[C@@H](N)C12C[C@H]3C[C@@H](CC(O)(C3)C1)C2. The van der Waals surface area contributed by atoms with Gasteiger partial charge in [-0.25, -0.2) is 0 Å². The van der Waals surface area contributed by atoms with Crippen LogP contribution in [0.5, 0.6) is 0 Å². The molecule has 0 radical (unpaired) electrons. The molecule has 0 aliphatic heterocycles. The normalized spacial score (nSPS) is 54.6. The molecule has 4 aliphatic carbocycles. The Kier molecular flexibility index (Phi) is 2.01. The number of hydrogen-bond donors (Lipinski definition) is 2. The van der Waals surface area contributed by atoms with Crippen LogP contribution in [-0.4, -0.2) is 16.7 Å². The van der Waals surface area contributed by atoms with Crippen molar-refractivity contribution in [1.29, 1.82) is 0 Å². The van der Waals surface area contributed by atoms with Crippen molar-refractivity contribution < 1.29 is 5.11 Å². The van der Waals surface area contributed by atoms with Crippen molar-refractivity contribution in [3.05, 3.63) is 0 Å². The number of nitrogens with two attached hydrogens (primary N) is 1. The quantitative estimate of drug-likeness (QED) is 0.731. The summed E-state index contributed by atoms with van der Waals surface area (Å²) in [4.78, 5) is 0. The van der Waals surface area contributed by atoms with E-state index < -0.39 is 0 Å². The standard InChI is InChI=1S/C13H23NO/c1-2-11(14)12-4-9-3-10(5-12)7-13(15,6-9)8-12/h9-11,15H,2-8,14H2,1H3/t9-,10-,11-,12?,13?/m1/s1. The molecule has 4 fully saturated rings. The van der Waals surface area contributed by atoms with E-state index in [0.29, 0.717) is 11.5 Å². The van der Waals surface area contributed by atoms with Crippen molar-refractivity contribution in [2.45, 2.75) is 63.5 Å². The Morgan fingerprint density at radius 1 is 1.27 bits per heavy atom. The maximum atomic E-state index is 10.6. The van der Waals surface area contributed by atoms with E-state index in [-0.39, 0.29) is 5.60 Å². The highest BCUT2D eigenvalue weighted by Crippen LogP contribution is 2.62. The number of hydrogen-bond acceptors (Lipinski definition) is 2. The van der Waals surface area contributed by atoms with Crippen LogP contribution in [0.1, 0.15) is 51.9 Å². The smallest absolute Gasteiger partial charge is 0.0659 e. The van der Waals surface area contributed by atoms with Gasteiger partial charge in [0.05, 0.1) is 5.60 Å². The summed E-state index contributed by atoms with van der Waals surface area (Å²) in [5.41, 5.74) is 6.28. The third-order valence-electron chi connectivity index (χ3n) is 5.30. The molecule has 0 aromatic carbocycles. The molecule has 4 aliphatic rings. The topological polar surface area (TPSA) is 46.2 Å². The molecule has 4 bridgehead atoms. The molecule has 4 rings (SSSR count). The van der Waals surface area contributed by atoms with Crippen LogP contribution >= 0.6 is 0 Å². The van der Waals surface area contributed by atoms with Crippen molar-refractivity contribution in [1.82, 2.24) is 0 Å². The summed E-state index contributed by atoms with van der Waals surface area (Å²) >= 11 is 0. The van der Waals surface area contributed by atoms with Crippen molar-refractivity contribution in [2.75, 3.05) is 0 Å². The Morgan fingerprint density at radius 2 is 1.87 bits per heavy atom. The van der Waals surface area contributed by atoms with Crippen LogP contribution in [0.15, 0.2) is 0 Å². The fourth-order valence-electron chi connectivity index (χ4n) is 5.15. The summed E-state index contributed by atoms with van der Waals surface area (Å²) in [6.45, 7) is 2.19. The van der Waals surface area contributed by atoms with Gasteiger partial charge in [0.15, 0.2) is 0 Å². The van der Waals surface area contributed by atoms with Gasteiger partial charge in [-0.15, -0.1) is 0 Å². The van der Waals surface area contributed by atoms with Crippen molar-refractivity contribution in [3.63, 3.8) is 0 Å². The van der Waals surface area contributed by atoms with Crippen LogP contribution in [0.25, 0.3) is 0 Å². The van der Waals surface area contributed by atoms with E-state index in [1.54, 1.807) is 0 Å². The van der Waals surface area contributed by atoms with Gasteiger partial charge in [0.1, 0.15) is 0 Å². The number of aliphatic hydroxyl groups is 1. The highest BCUT2D eigenvalue weighted by molar-refractivity contribution is 5.10. The second-order valence-corrected chi connectivity index (χ2v) is 6.56. The molecule has 3 atom stereocenters. The first-order valence-electron chi connectivity index (χ1n) is 6.53. The molecule has 0 heterocycles. The van der Waals surface area contributed by atoms with Crippen molar-refractivity contribution >= 4 is 0 Å². The largest absolute Gasteiger partial charge is 0.390 e. The average Bonchev–Trinajstić information content (AvgIpc) is 2.12. The monoisotopic (exact) mass is 209 g/mol. The first-order chi connectivity index (χ1) is 7.05. The lowest BCUT2D eigenvalue weighted by Crippen LogP contribution is -2.60. The van der Waals surface area contributed by atoms with E-state index >= 15 is 0 Å². The van der Waals surface area contributed by atoms with E-state index in [0.717, 1.165) is 37.5 Å². The zero-order valence-electron chi connectivity index (χ0n) is 9.71. The van der Waals surface area contributed by atoms with Crippen LogP contribution < -0.4 is 5.73 Å². The average molecular weight is 209 g/mol. The molecule has 86 valence electrons. The molecule has 2 nitrogen and oxygen atoms in total. The van der Waals surface area contributed by atoms with Crippen molar-refractivity contribution in [3.8, 4) is 0 Å². The molecule has 0 aromatic heterocycles. The van der Waals surface area contributed by atoms with Gasteiger partial charge in [0.2, 0.25) is 0 Å². The summed E-state index contributed by atoms with van der Waals surface area (Å²) in [5, 5.41) is 10.6. The molecule has 4 saturated carbocycles. The van der Waals surface area contributed by atoms with Gasteiger partial charge in [-0.2, -0.15) is 0 Å². The van der Waals surface area contributed by atoms with Crippen LogP contribution in [0, 0.1) is 17.3 Å². The van der Waals surface area contributed by atoms with Gasteiger partial charge in [0, 0.05) is 6.04 Å². The predicted molar refractivity (Wildman–Crippen MR) is 60.3 cm³/mol. The van der Waals surface area contributed by atoms with Gasteiger partial charge in [-0.1, -0.05) is 6.92 Å². The summed E-state index contributed by atoms with van der Waals surface area (Å²) in [6, 6.07) is 0.315. The first kappa shape index (κ1) is 10.1. The second-order valence-electron chi connectivity index (χ2n) is 6.56. The summed E-state index contributed by atoms with van der Waals surface area (Å²) < 4.78 is 0. The van der Waals surface area contributed by atoms with Crippen LogP contribution in [0.2, 0.25) is 0 Å². The van der Waals surface area contributed by atoms with Crippen molar-refractivity contribution in [2.24, 2.45) is 23.0 Å². The third-order valence-corrected chi connectivity index (χ3v) is 5.30. The third kappa shape index (κ3) is 1.38. The minimum atomic E-state index is -0.336. The van der Waals surface area contributed by atoms with Gasteiger partial charge >= 0.3 is 0 Å². The van der Waals surface area contributed by atoms with Crippen LogP contribution in [0.4, 0.5) is 0 Å². The molecule has 3 N–H and O–H groups in total. The highest BCUT2D eigenvalue weighted by Gasteiger charge is 2.58. The predicted octanol–water partition coefficient (Wildman–Crippen LogP) is 2.06. The van der Waals surface area contributed by atoms with E-state index in [4.69, 9.17) is 5.73 Å². The molecule has 0 unspecified atom stereocenters. The highest BCUT2D eigenvalue weighted by atomic mass is 16.3. The van der Waals surface area contributed by atoms with Crippen LogP contribution in [0.3, 0.4) is 0 Å². The Hall–Kier alpha value is -0.0800. The van der Waals surface area contributed by atoms with E-state index in [1.807, 2.05) is 0 Å². The second kappa shape index (κ2) is 2.98. The maximum absolute atomic E-state index is 10.6. The lowest BCUT2D eigenvalue weighted by atomic mass is 9.46. The molecule has 0 aromatic rings. The van der Waals surface area contributed by atoms with Gasteiger partial charge in [-0.3, -0.25) is 0 Å². The lowest BCUT2D eigenvalue weighted by molar-refractivity contribution is -0.170. The molecule has 0 spiro atoms. The Labute approximate surface area is 92.2 Å². The molecular weight excluding hydrogens is 186 g/mol. The summed E-state index contributed by atoms with van der Waals surface area (Å²) in [6.07, 6.45) is 8.11. The Morgan fingerprint density at radius 3 is 2.33 bits per heavy atom. The fraction of sp³-hybridized carbons (Fsp3) is 1.00. The summed E-state index contributed by atoms with van der Waals surface area (Å²) in [7, 11) is 0. The summed E-state index contributed by atoms with van der Waals surface area (Å²) in [5.74, 6) is 1.54. The minimum absolute atomic E-state index is 0.299. The molecule has 15 heavy (non-hydrogen) atoms. The molecule has 2 heteroatoms. The van der Waals surface area contributed by atoms with E-state index in [9.17, 15) is 5.11 Å². The lowest BCUT2D eigenvalue weighted by Gasteiger charge is -2.62. The zero-order chi connectivity index (χ0) is 10.7. The molecule has 0 saturated heterocycles. The zero-order valence-corrected chi connectivity index (χ0v) is 9.71. The van der Waals surface area contributed by atoms with E-state index in [2.05, 4.69) is 6.92 Å². The van der Waals surface area contributed by atoms with Gasteiger partial charge in [0.25, 0.3) is 0 Å². The Bertz CT molecular complexity index is 262. The Balaban J connectivity index is 1.92. The fourth-order valence-corrected chi connectivity index (χ4v) is 5.15. The molecular formula is C13H23NO. The maximum Gasteiger partial charge on any atom is 0.0659 e.